The molecular formula is C25H21ClN2O3. The molecule has 1 aliphatic rings. The van der Waals surface area contributed by atoms with E-state index in [0.29, 0.717) is 16.1 Å². The van der Waals surface area contributed by atoms with Gasteiger partial charge in [-0.05, 0) is 60.9 Å². The second-order valence-electron chi connectivity index (χ2n) is 7.66. The summed E-state index contributed by atoms with van der Waals surface area (Å²) in [5.74, 6) is -1.55. The van der Waals surface area contributed by atoms with Crippen molar-refractivity contribution in [2.75, 3.05) is 0 Å². The van der Waals surface area contributed by atoms with Crippen LogP contribution in [0.3, 0.4) is 0 Å². The molecule has 0 spiro atoms. The third-order valence-electron chi connectivity index (χ3n) is 5.45. The van der Waals surface area contributed by atoms with Gasteiger partial charge in [0.2, 0.25) is 0 Å². The van der Waals surface area contributed by atoms with Crippen molar-refractivity contribution in [2.24, 2.45) is 0 Å². The Balaban J connectivity index is 1.91. The van der Waals surface area contributed by atoms with Crippen LogP contribution in [-0.4, -0.2) is 26.7 Å². The van der Waals surface area contributed by atoms with E-state index in [1.165, 1.54) is 4.90 Å². The molecule has 2 aromatic carbocycles. The zero-order valence-corrected chi connectivity index (χ0v) is 17.9. The lowest BCUT2D eigenvalue weighted by Gasteiger charge is -2.25. The van der Waals surface area contributed by atoms with E-state index in [-0.39, 0.29) is 17.9 Å². The molecule has 2 heterocycles. The van der Waals surface area contributed by atoms with Gasteiger partial charge in [0.1, 0.15) is 5.76 Å². The van der Waals surface area contributed by atoms with Crippen molar-refractivity contribution in [3.05, 3.63) is 105 Å². The molecule has 5 nitrogen and oxygen atoms in total. The maximum Gasteiger partial charge on any atom is 0.295 e. The number of amides is 1. The summed E-state index contributed by atoms with van der Waals surface area (Å²) in [5, 5.41) is 11.7. The zero-order valence-electron chi connectivity index (χ0n) is 17.2. The highest BCUT2D eigenvalue weighted by Gasteiger charge is 2.46. The van der Waals surface area contributed by atoms with Crippen LogP contribution in [0.1, 0.15) is 33.9 Å². The van der Waals surface area contributed by atoms with Gasteiger partial charge in [-0.15, -0.1) is 0 Å². The zero-order chi connectivity index (χ0) is 22.1. The Morgan fingerprint density at radius 1 is 1.06 bits per heavy atom. The van der Waals surface area contributed by atoms with Crippen LogP contribution in [0.2, 0.25) is 5.02 Å². The summed E-state index contributed by atoms with van der Waals surface area (Å²) in [4.78, 5) is 31.7. The van der Waals surface area contributed by atoms with Crippen LogP contribution in [0.25, 0.3) is 5.76 Å². The number of halogens is 1. The van der Waals surface area contributed by atoms with Crippen LogP contribution in [0.4, 0.5) is 0 Å². The van der Waals surface area contributed by atoms with Crippen molar-refractivity contribution in [2.45, 2.75) is 26.4 Å². The Labute approximate surface area is 185 Å². The lowest BCUT2D eigenvalue weighted by Crippen LogP contribution is -2.29. The highest BCUT2D eigenvalue weighted by Crippen LogP contribution is 2.41. The van der Waals surface area contributed by atoms with Crippen LogP contribution in [-0.2, 0) is 16.1 Å². The van der Waals surface area contributed by atoms with Gasteiger partial charge < -0.3 is 10.0 Å². The molecule has 1 aromatic heterocycles. The molecule has 0 bridgehead atoms. The summed E-state index contributed by atoms with van der Waals surface area (Å²) in [5.41, 5.74) is 3.85. The Kier molecular flexibility index (Phi) is 5.61. The van der Waals surface area contributed by atoms with Crippen LogP contribution in [0.5, 0.6) is 0 Å². The molecule has 4 rings (SSSR count). The molecule has 31 heavy (non-hydrogen) atoms. The SMILES string of the molecule is Cc1ccc(C)c(C(O)=C2C(=O)C(=O)N(Cc3ccncc3)C2c2cccc(Cl)c2)c1. The van der Waals surface area contributed by atoms with E-state index in [4.69, 9.17) is 11.6 Å². The average Bonchev–Trinajstić information content (AvgIpc) is 3.00. The standard InChI is InChI=1S/C25H21ClN2O3/c1-15-6-7-16(2)20(12-15)23(29)21-22(18-4-3-5-19(26)13-18)28(25(31)24(21)30)14-17-8-10-27-11-9-17/h3-13,22,29H,14H2,1-2H3. The Hall–Kier alpha value is -3.44. The molecule has 1 atom stereocenters. The first kappa shape index (κ1) is 20.8. The van der Waals surface area contributed by atoms with Crippen molar-refractivity contribution in [1.29, 1.82) is 0 Å². The van der Waals surface area contributed by atoms with Gasteiger partial charge in [0.25, 0.3) is 11.7 Å². The second kappa shape index (κ2) is 8.36. The first-order chi connectivity index (χ1) is 14.9. The molecule has 156 valence electrons. The van der Waals surface area contributed by atoms with Crippen LogP contribution in [0, 0.1) is 13.8 Å². The van der Waals surface area contributed by atoms with Gasteiger partial charge in [0, 0.05) is 29.5 Å². The summed E-state index contributed by atoms with van der Waals surface area (Å²) >= 11 is 6.22. The maximum absolute atomic E-state index is 13.1. The van der Waals surface area contributed by atoms with Gasteiger partial charge in [-0.2, -0.15) is 0 Å². The van der Waals surface area contributed by atoms with Crippen LogP contribution < -0.4 is 0 Å². The fourth-order valence-electron chi connectivity index (χ4n) is 3.89. The number of rotatable bonds is 4. The first-order valence-electron chi connectivity index (χ1n) is 9.87. The number of aliphatic hydroxyl groups is 1. The third kappa shape index (κ3) is 3.97. The van der Waals surface area contributed by atoms with Crippen molar-refractivity contribution >= 4 is 29.1 Å². The third-order valence-corrected chi connectivity index (χ3v) is 5.69. The molecule has 1 amide bonds. The quantitative estimate of drug-likeness (QED) is 0.359. The summed E-state index contributed by atoms with van der Waals surface area (Å²) < 4.78 is 0. The van der Waals surface area contributed by atoms with E-state index in [2.05, 4.69) is 4.98 Å². The number of nitrogens with zero attached hydrogens (tertiary/aromatic N) is 2. The minimum Gasteiger partial charge on any atom is -0.507 e. The Morgan fingerprint density at radius 2 is 1.81 bits per heavy atom. The summed E-state index contributed by atoms with van der Waals surface area (Å²) in [6.45, 7) is 3.97. The number of carbonyl (C=O) groups is 2. The number of carbonyl (C=O) groups excluding carboxylic acids is 2. The van der Waals surface area contributed by atoms with Gasteiger partial charge in [-0.1, -0.05) is 41.4 Å². The van der Waals surface area contributed by atoms with Crippen molar-refractivity contribution in [3.63, 3.8) is 0 Å². The maximum atomic E-state index is 13.1. The fraction of sp³-hybridized carbons (Fsp3) is 0.160. The molecule has 0 aliphatic carbocycles. The van der Waals surface area contributed by atoms with E-state index >= 15 is 0 Å². The number of hydrogen-bond acceptors (Lipinski definition) is 4. The lowest BCUT2D eigenvalue weighted by molar-refractivity contribution is -0.140. The minimum atomic E-state index is -0.758. The fourth-order valence-corrected chi connectivity index (χ4v) is 4.09. The minimum absolute atomic E-state index is 0.0648. The van der Waals surface area contributed by atoms with E-state index in [9.17, 15) is 14.7 Å². The van der Waals surface area contributed by atoms with Gasteiger partial charge >= 0.3 is 0 Å². The van der Waals surface area contributed by atoms with Gasteiger partial charge in [-0.25, -0.2) is 0 Å². The number of hydrogen-bond donors (Lipinski definition) is 1. The van der Waals surface area contributed by atoms with E-state index < -0.39 is 17.7 Å². The predicted octanol–water partition coefficient (Wildman–Crippen LogP) is 4.97. The predicted molar refractivity (Wildman–Crippen MR) is 119 cm³/mol. The lowest BCUT2D eigenvalue weighted by atomic mass is 9.93. The molecule has 1 N–H and O–H groups in total. The smallest absolute Gasteiger partial charge is 0.295 e. The molecule has 1 aliphatic heterocycles. The molecule has 0 radical (unpaired) electrons. The topological polar surface area (TPSA) is 70.5 Å². The highest BCUT2D eigenvalue weighted by molar-refractivity contribution is 6.46. The van der Waals surface area contributed by atoms with Crippen molar-refractivity contribution in [1.82, 2.24) is 9.88 Å². The number of aryl methyl sites for hydroxylation is 2. The summed E-state index contributed by atoms with van der Waals surface area (Å²) in [6, 6.07) is 15.5. The number of ketones is 1. The highest BCUT2D eigenvalue weighted by atomic mass is 35.5. The average molecular weight is 433 g/mol. The van der Waals surface area contributed by atoms with Gasteiger partial charge in [-0.3, -0.25) is 14.6 Å². The van der Waals surface area contributed by atoms with Gasteiger partial charge in [0.05, 0.1) is 11.6 Å². The van der Waals surface area contributed by atoms with E-state index in [1.807, 2.05) is 32.0 Å². The molecule has 3 aromatic rings. The number of Topliss-reactive ketones (excluding diaryl/α,β-unsaturated/α-hetero) is 1. The second-order valence-corrected chi connectivity index (χ2v) is 8.09. The molecule has 1 fully saturated rings. The van der Waals surface area contributed by atoms with Crippen molar-refractivity contribution < 1.29 is 14.7 Å². The number of aliphatic hydroxyl groups excluding tert-OH is 1. The van der Waals surface area contributed by atoms with Gasteiger partial charge in [0.15, 0.2) is 0 Å². The largest absolute Gasteiger partial charge is 0.507 e. The molecule has 1 saturated heterocycles. The number of benzene rings is 2. The monoisotopic (exact) mass is 432 g/mol. The molecule has 0 saturated carbocycles. The summed E-state index contributed by atoms with van der Waals surface area (Å²) in [6.07, 6.45) is 3.27. The normalized spacial score (nSPS) is 17.9. The Morgan fingerprint density at radius 3 is 2.52 bits per heavy atom. The van der Waals surface area contributed by atoms with Crippen LogP contribution in [0.15, 0.2) is 72.6 Å². The van der Waals surface area contributed by atoms with Crippen molar-refractivity contribution in [3.8, 4) is 0 Å². The molecule has 6 heteroatoms. The Bertz CT molecular complexity index is 1200. The number of aromatic nitrogens is 1. The number of pyridine rings is 1. The molecular weight excluding hydrogens is 412 g/mol. The molecule has 1 unspecified atom stereocenters. The van der Waals surface area contributed by atoms with E-state index in [1.54, 1.807) is 48.8 Å². The number of likely N-dealkylation sites (tertiary alicyclic amines) is 1. The first-order valence-corrected chi connectivity index (χ1v) is 10.2. The van der Waals surface area contributed by atoms with E-state index in [0.717, 1.165) is 16.7 Å². The van der Waals surface area contributed by atoms with Crippen LogP contribution >= 0.6 is 11.6 Å². The summed E-state index contributed by atoms with van der Waals surface area (Å²) in [7, 11) is 0.